The van der Waals surface area contributed by atoms with Crippen molar-refractivity contribution in [3.05, 3.63) is 100 Å². The highest BCUT2D eigenvalue weighted by Gasteiger charge is 2.28. The van der Waals surface area contributed by atoms with Crippen molar-refractivity contribution in [2.75, 3.05) is 11.6 Å². The lowest BCUT2D eigenvalue weighted by atomic mass is 10.2. The molecule has 0 amide bonds. The monoisotopic (exact) mass is 442 g/mol. The van der Waals surface area contributed by atoms with Gasteiger partial charge in [0.15, 0.2) is 0 Å². The third-order valence-corrected chi connectivity index (χ3v) is 5.81. The number of rotatable bonds is 6. The summed E-state index contributed by atoms with van der Waals surface area (Å²) in [5.41, 5.74) is 2.48. The van der Waals surface area contributed by atoms with Gasteiger partial charge in [0.05, 0.1) is 26.1 Å². The number of benzene rings is 2. The Morgan fingerprint density at radius 2 is 1.73 bits per heavy atom. The number of fused-ring (bicyclic) bond motifs is 1. The second-order valence-corrected chi connectivity index (χ2v) is 8.09. The van der Waals surface area contributed by atoms with E-state index in [1.807, 2.05) is 80.6 Å². The molecule has 0 radical (unpaired) electrons. The zero-order chi connectivity index (χ0) is 22.8. The normalized spacial score (nSPS) is 13.7. The number of hydrogen-bond acceptors (Lipinski definition) is 6. The van der Waals surface area contributed by atoms with Gasteiger partial charge in [0, 0.05) is 16.9 Å². The standard InChI is InChI=1S/C26H26N4O3/c1-3-24-19(2)27-26-29(17-28(18-30(26)25(24)31)16-23-10-7-15-32-23)20-11-13-22(14-12-20)33-21-8-5-4-6-9-21/h4-15H,3,16-18H2,1-2H3. The average Bonchev–Trinajstić information content (AvgIpc) is 3.34. The highest BCUT2D eigenvalue weighted by molar-refractivity contribution is 5.59. The zero-order valence-corrected chi connectivity index (χ0v) is 18.8. The number of aromatic nitrogens is 2. The minimum atomic E-state index is 0.0122. The van der Waals surface area contributed by atoms with Gasteiger partial charge in [0.1, 0.15) is 17.3 Å². The summed E-state index contributed by atoms with van der Waals surface area (Å²) in [7, 11) is 0. The first-order chi connectivity index (χ1) is 16.1. The van der Waals surface area contributed by atoms with Gasteiger partial charge in [-0.3, -0.25) is 19.2 Å². The van der Waals surface area contributed by atoms with E-state index in [2.05, 4.69) is 9.80 Å². The largest absolute Gasteiger partial charge is 0.468 e. The van der Waals surface area contributed by atoms with E-state index < -0.39 is 0 Å². The van der Waals surface area contributed by atoms with E-state index in [4.69, 9.17) is 14.1 Å². The van der Waals surface area contributed by atoms with Gasteiger partial charge in [0.25, 0.3) is 5.56 Å². The highest BCUT2D eigenvalue weighted by atomic mass is 16.5. The molecule has 1 aliphatic rings. The summed E-state index contributed by atoms with van der Waals surface area (Å²) in [6, 6.07) is 21.4. The molecule has 2 aromatic carbocycles. The number of nitrogens with zero attached hydrogens (tertiary/aromatic N) is 4. The quantitative estimate of drug-likeness (QED) is 0.416. The van der Waals surface area contributed by atoms with Crippen LogP contribution >= 0.6 is 0 Å². The second kappa shape index (κ2) is 8.96. The summed E-state index contributed by atoms with van der Waals surface area (Å²) in [6.45, 7) is 5.54. The Labute approximate surface area is 192 Å². The minimum Gasteiger partial charge on any atom is -0.468 e. The predicted molar refractivity (Wildman–Crippen MR) is 127 cm³/mol. The van der Waals surface area contributed by atoms with E-state index in [1.165, 1.54) is 0 Å². The van der Waals surface area contributed by atoms with Crippen LogP contribution in [-0.4, -0.2) is 21.1 Å². The Hall–Kier alpha value is -3.84. The molecule has 5 rings (SSSR count). The molecular weight excluding hydrogens is 416 g/mol. The molecule has 0 saturated heterocycles. The molecule has 0 saturated carbocycles. The van der Waals surface area contributed by atoms with Crippen LogP contribution in [0.15, 0.2) is 82.2 Å². The van der Waals surface area contributed by atoms with Crippen molar-refractivity contribution >= 4 is 11.6 Å². The van der Waals surface area contributed by atoms with Crippen LogP contribution in [0.25, 0.3) is 0 Å². The number of hydrogen-bond donors (Lipinski definition) is 0. The number of aryl methyl sites for hydroxylation is 1. The Balaban J connectivity index is 1.49. The molecule has 0 bridgehead atoms. The summed E-state index contributed by atoms with van der Waals surface area (Å²) in [4.78, 5) is 22.3. The number of ether oxygens (including phenoxy) is 1. The van der Waals surface area contributed by atoms with Crippen molar-refractivity contribution in [2.24, 2.45) is 0 Å². The van der Waals surface area contributed by atoms with Crippen molar-refractivity contribution in [1.82, 2.24) is 14.5 Å². The fourth-order valence-corrected chi connectivity index (χ4v) is 4.17. The van der Waals surface area contributed by atoms with E-state index in [0.717, 1.165) is 34.2 Å². The zero-order valence-electron chi connectivity index (χ0n) is 18.8. The molecule has 0 N–H and O–H groups in total. The number of anilines is 2. The summed E-state index contributed by atoms with van der Waals surface area (Å²) in [5.74, 6) is 3.04. The van der Waals surface area contributed by atoms with Crippen molar-refractivity contribution in [1.29, 1.82) is 0 Å². The van der Waals surface area contributed by atoms with Crippen molar-refractivity contribution < 1.29 is 9.15 Å². The van der Waals surface area contributed by atoms with Crippen molar-refractivity contribution in [3.63, 3.8) is 0 Å². The van der Waals surface area contributed by atoms with E-state index in [1.54, 1.807) is 10.8 Å². The Morgan fingerprint density at radius 1 is 0.970 bits per heavy atom. The molecule has 168 valence electrons. The smallest absolute Gasteiger partial charge is 0.259 e. The number of para-hydroxylation sites is 1. The van der Waals surface area contributed by atoms with Crippen LogP contribution < -0.4 is 15.2 Å². The van der Waals surface area contributed by atoms with E-state index in [0.29, 0.717) is 32.3 Å². The Kier molecular flexibility index (Phi) is 5.71. The van der Waals surface area contributed by atoms with Gasteiger partial charge in [-0.05, 0) is 61.9 Å². The molecule has 3 heterocycles. The van der Waals surface area contributed by atoms with Gasteiger partial charge >= 0.3 is 0 Å². The summed E-state index contributed by atoms with van der Waals surface area (Å²) >= 11 is 0. The molecule has 0 aliphatic carbocycles. The lowest BCUT2D eigenvalue weighted by Crippen LogP contribution is -2.47. The molecule has 0 spiro atoms. The van der Waals surface area contributed by atoms with Gasteiger partial charge < -0.3 is 9.15 Å². The lowest BCUT2D eigenvalue weighted by Gasteiger charge is -2.38. The van der Waals surface area contributed by atoms with Crippen LogP contribution in [0.3, 0.4) is 0 Å². The first-order valence-electron chi connectivity index (χ1n) is 11.1. The van der Waals surface area contributed by atoms with E-state index >= 15 is 0 Å². The van der Waals surface area contributed by atoms with E-state index in [-0.39, 0.29) is 5.56 Å². The van der Waals surface area contributed by atoms with Gasteiger partial charge in [-0.15, -0.1) is 0 Å². The Bertz CT molecular complexity index is 1280. The van der Waals surface area contributed by atoms with Crippen LogP contribution in [0.2, 0.25) is 0 Å². The van der Waals surface area contributed by atoms with Crippen molar-refractivity contribution in [2.45, 2.75) is 33.5 Å². The van der Waals surface area contributed by atoms with Gasteiger partial charge in [-0.25, -0.2) is 4.98 Å². The maximum Gasteiger partial charge on any atom is 0.259 e. The van der Waals surface area contributed by atoms with Gasteiger partial charge in [-0.1, -0.05) is 25.1 Å². The molecule has 0 atom stereocenters. The van der Waals surface area contributed by atoms with Gasteiger partial charge in [0.2, 0.25) is 5.95 Å². The van der Waals surface area contributed by atoms with Crippen LogP contribution in [0.1, 0.15) is 23.9 Å². The number of furan rings is 1. The molecular formula is C26H26N4O3. The molecule has 1 aliphatic heterocycles. The summed E-state index contributed by atoms with van der Waals surface area (Å²) in [6.07, 6.45) is 2.32. The molecule has 7 heteroatoms. The van der Waals surface area contributed by atoms with Crippen molar-refractivity contribution in [3.8, 4) is 11.5 Å². The maximum absolute atomic E-state index is 13.3. The van der Waals surface area contributed by atoms with Crippen LogP contribution in [-0.2, 0) is 19.6 Å². The first kappa shape index (κ1) is 21.0. The molecule has 0 fully saturated rings. The molecule has 4 aromatic rings. The molecule has 2 aromatic heterocycles. The fraction of sp³-hybridized carbons (Fsp3) is 0.231. The minimum absolute atomic E-state index is 0.0122. The third kappa shape index (κ3) is 4.27. The highest BCUT2D eigenvalue weighted by Crippen LogP contribution is 2.31. The molecule has 0 unspecified atom stereocenters. The fourth-order valence-electron chi connectivity index (χ4n) is 4.17. The van der Waals surface area contributed by atoms with Crippen LogP contribution in [0.5, 0.6) is 11.5 Å². The maximum atomic E-state index is 13.3. The molecule has 7 nitrogen and oxygen atoms in total. The third-order valence-electron chi connectivity index (χ3n) is 5.81. The van der Waals surface area contributed by atoms with E-state index in [9.17, 15) is 4.79 Å². The van der Waals surface area contributed by atoms with Gasteiger partial charge in [-0.2, -0.15) is 0 Å². The SMILES string of the molecule is CCc1c(C)nc2n(c1=O)CN(Cc1ccco1)CN2c1ccc(Oc2ccccc2)cc1. The first-order valence-corrected chi connectivity index (χ1v) is 11.1. The second-order valence-electron chi connectivity index (χ2n) is 8.09. The summed E-state index contributed by atoms with van der Waals surface area (Å²) < 4.78 is 13.2. The Morgan fingerprint density at radius 3 is 2.42 bits per heavy atom. The summed E-state index contributed by atoms with van der Waals surface area (Å²) in [5, 5.41) is 0. The predicted octanol–water partition coefficient (Wildman–Crippen LogP) is 5.07. The molecule has 33 heavy (non-hydrogen) atoms. The average molecular weight is 443 g/mol. The van der Waals surface area contributed by atoms with Crippen LogP contribution in [0, 0.1) is 6.92 Å². The topological polar surface area (TPSA) is 63.7 Å². The lowest BCUT2D eigenvalue weighted by molar-refractivity contribution is 0.176. The van der Waals surface area contributed by atoms with Crippen LogP contribution in [0.4, 0.5) is 11.6 Å².